The van der Waals surface area contributed by atoms with Gasteiger partial charge in [0.15, 0.2) is 5.13 Å². The number of fused-ring (bicyclic) bond motifs is 1. The predicted octanol–water partition coefficient (Wildman–Crippen LogP) is 2.95. The third kappa shape index (κ3) is 2.77. The lowest BCUT2D eigenvalue weighted by Crippen LogP contribution is -2.21. The summed E-state index contributed by atoms with van der Waals surface area (Å²) in [4.78, 5) is 9.97. The maximum atomic E-state index is 5.66. The molecule has 5 nitrogen and oxygen atoms in total. The number of nitrogens with zero attached hydrogens (tertiary/aromatic N) is 3. The van der Waals surface area contributed by atoms with Gasteiger partial charge in [0.25, 0.3) is 0 Å². The Hall–Kier alpha value is -1.92. The number of para-hydroxylation sites is 2. The van der Waals surface area contributed by atoms with Crippen LogP contribution in [0.5, 0.6) is 0 Å². The van der Waals surface area contributed by atoms with Gasteiger partial charge in [-0.3, -0.25) is 0 Å². The van der Waals surface area contributed by atoms with E-state index >= 15 is 0 Å². The number of anilines is 1. The van der Waals surface area contributed by atoms with Crippen LogP contribution in [0.1, 0.15) is 30.6 Å². The zero-order valence-corrected chi connectivity index (χ0v) is 13.0. The summed E-state index contributed by atoms with van der Waals surface area (Å²) in [6, 6.07) is 8.42. The Morgan fingerprint density at radius 2 is 2.19 bits per heavy atom. The molecule has 0 bridgehead atoms. The van der Waals surface area contributed by atoms with Gasteiger partial charge in [0.05, 0.1) is 17.1 Å². The van der Waals surface area contributed by atoms with Gasteiger partial charge in [-0.1, -0.05) is 12.1 Å². The molecule has 0 aliphatic heterocycles. The van der Waals surface area contributed by atoms with Gasteiger partial charge in [0.1, 0.15) is 5.82 Å². The van der Waals surface area contributed by atoms with E-state index in [1.54, 1.807) is 0 Å². The summed E-state index contributed by atoms with van der Waals surface area (Å²) < 4.78 is 2.26. The van der Waals surface area contributed by atoms with Crippen LogP contribution in [0.15, 0.2) is 30.5 Å². The van der Waals surface area contributed by atoms with E-state index < -0.39 is 0 Å². The molecule has 0 aliphatic rings. The zero-order chi connectivity index (χ0) is 14.8. The van der Waals surface area contributed by atoms with Crippen molar-refractivity contribution in [2.45, 2.75) is 33.0 Å². The molecule has 2 heterocycles. The molecule has 21 heavy (non-hydrogen) atoms. The van der Waals surface area contributed by atoms with Crippen LogP contribution in [0.4, 0.5) is 5.13 Å². The highest BCUT2D eigenvalue weighted by Gasteiger charge is 2.15. The van der Waals surface area contributed by atoms with Crippen molar-refractivity contribution in [3.05, 3.63) is 41.2 Å². The SMILES string of the molecule is CCn1c(C(C)NCc2cnc(N)s2)nc2ccccc21. The zero-order valence-electron chi connectivity index (χ0n) is 12.2. The van der Waals surface area contributed by atoms with Gasteiger partial charge >= 0.3 is 0 Å². The van der Waals surface area contributed by atoms with Gasteiger partial charge in [0, 0.05) is 24.2 Å². The first-order valence-corrected chi connectivity index (χ1v) is 7.89. The molecule has 0 saturated carbocycles. The Kier molecular flexibility index (Phi) is 3.90. The van der Waals surface area contributed by atoms with Crippen LogP contribution in [0.25, 0.3) is 11.0 Å². The summed E-state index contributed by atoms with van der Waals surface area (Å²) in [6.45, 7) is 5.95. The van der Waals surface area contributed by atoms with Gasteiger partial charge in [-0.15, -0.1) is 11.3 Å². The van der Waals surface area contributed by atoms with Crippen molar-refractivity contribution in [2.24, 2.45) is 0 Å². The summed E-state index contributed by atoms with van der Waals surface area (Å²) in [5.41, 5.74) is 7.89. The van der Waals surface area contributed by atoms with Crippen LogP contribution >= 0.6 is 11.3 Å². The number of benzene rings is 1. The maximum Gasteiger partial charge on any atom is 0.180 e. The van der Waals surface area contributed by atoms with Crippen molar-refractivity contribution < 1.29 is 0 Å². The van der Waals surface area contributed by atoms with Crippen LogP contribution in [-0.4, -0.2) is 14.5 Å². The Morgan fingerprint density at radius 3 is 2.90 bits per heavy atom. The van der Waals surface area contributed by atoms with Crippen LogP contribution < -0.4 is 11.1 Å². The van der Waals surface area contributed by atoms with E-state index in [-0.39, 0.29) is 6.04 Å². The summed E-state index contributed by atoms with van der Waals surface area (Å²) in [7, 11) is 0. The average Bonchev–Trinajstić information content (AvgIpc) is 3.07. The molecule has 1 atom stereocenters. The minimum Gasteiger partial charge on any atom is -0.375 e. The molecule has 3 rings (SSSR count). The highest BCUT2D eigenvalue weighted by molar-refractivity contribution is 7.15. The Bertz CT molecular complexity index is 745. The molecule has 3 N–H and O–H groups in total. The number of hydrogen-bond donors (Lipinski definition) is 2. The first kappa shape index (κ1) is 14.0. The monoisotopic (exact) mass is 301 g/mol. The largest absolute Gasteiger partial charge is 0.375 e. The normalized spacial score (nSPS) is 12.9. The summed E-state index contributed by atoms with van der Waals surface area (Å²) in [5, 5.41) is 4.11. The Labute approximate surface area is 127 Å². The minimum atomic E-state index is 0.167. The second kappa shape index (κ2) is 5.83. The molecule has 2 aromatic heterocycles. The molecule has 0 fully saturated rings. The number of rotatable bonds is 5. The van der Waals surface area contributed by atoms with E-state index in [1.165, 1.54) is 16.9 Å². The van der Waals surface area contributed by atoms with E-state index in [2.05, 4.69) is 46.9 Å². The van der Waals surface area contributed by atoms with E-state index in [0.29, 0.717) is 5.13 Å². The number of nitrogens with one attached hydrogen (secondary N) is 1. The molecule has 1 unspecified atom stereocenters. The quantitative estimate of drug-likeness (QED) is 0.760. The highest BCUT2D eigenvalue weighted by Crippen LogP contribution is 2.21. The predicted molar refractivity (Wildman–Crippen MR) is 87.2 cm³/mol. The number of thiazole rings is 1. The molecule has 110 valence electrons. The average molecular weight is 301 g/mol. The fraction of sp³-hybridized carbons (Fsp3) is 0.333. The van der Waals surface area contributed by atoms with Crippen LogP contribution in [0.3, 0.4) is 0 Å². The third-order valence-electron chi connectivity index (χ3n) is 3.54. The topological polar surface area (TPSA) is 68.8 Å². The smallest absolute Gasteiger partial charge is 0.180 e. The van der Waals surface area contributed by atoms with Crippen molar-refractivity contribution in [1.29, 1.82) is 0 Å². The molecular weight excluding hydrogens is 282 g/mol. The summed E-state index contributed by atoms with van der Waals surface area (Å²) in [6.07, 6.45) is 1.82. The molecular formula is C15H19N5S. The first-order chi connectivity index (χ1) is 10.2. The fourth-order valence-electron chi connectivity index (χ4n) is 2.51. The van der Waals surface area contributed by atoms with Crippen LogP contribution in [-0.2, 0) is 13.1 Å². The van der Waals surface area contributed by atoms with E-state index in [1.807, 2.05) is 12.3 Å². The molecule has 0 spiro atoms. The van der Waals surface area contributed by atoms with Gasteiger partial charge in [-0.05, 0) is 26.0 Å². The summed E-state index contributed by atoms with van der Waals surface area (Å²) >= 11 is 1.52. The third-order valence-corrected chi connectivity index (χ3v) is 4.37. The molecule has 0 saturated heterocycles. The molecule has 3 aromatic rings. The number of nitrogens with two attached hydrogens (primary N) is 1. The standard InChI is InChI=1S/C15H19N5S/c1-3-20-13-7-5-4-6-12(13)19-14(20)10(2)17-8-11-9-18-15(16)21-11/h4-7,9-10,17H,3,8H2,1-2H3,(H2,16,18). The van der Waals surface area contributed by atoms with Crippen molar-refractivity contribution in [3.8, 4) is 0 Å². The lowest BCUT2D eigenvalue weighted by molar-refractivity contribution is 0.524. The Morgan fingerprint density at radius 1 is 1.38 bits per heavy atom. The van der Waals surface area contributed by atoms with Crippen molar-refractivity contribution in [1.82, 2.24) is 19.9 Å². The minimum absolute atomic E-state index is 0.167. The van der Waals surface area contributed by atoms with E-state index in [0.717, 1.165) is 29.3 Å². The fourth-order valence-corrected chi connectivity index (χ4v) is 3.14. The van der Waals surface area contributed by atoms with Crippen LogP contribution in [0.2, 0.25) is 0 Å². The van der Waals surface area contributed by atoms with Crippen LogP contribution in [0, 0.1) is 0 Å². The van der Waals surface area contributed by atoms with Crippen molar-refractivity contribution in [2.75, 3.05) is 5.73 Å². The molecule has 0 radical (unpaired) electrons. The second-order valence-electron chi connectivity index (χ2n) is 4.97. The molecule has 6 heteroatoms. The van der Waals surface area contributed by atoms with Gasteiger partial charge in [-0.25, -0.2) is 9.97 Å². The van der Waals surface area contributed by atoms with Gasteiger partial charge in [-0.2, -0.15) is 0 Å². The molecule has 0 aliphatic carbocycles. The second-order valence-corrected chi connectivity index (χ2v) is 6.12. The number of aryl methyl sites for hydroxylation is 1. The lowest BCUT2D eigenvalue weighted by atomic mass is 10.3. The van der Waals surface area contributed by atoms with Crippen molar-refractivity contribution in [3.63, 3.8) is 0 Å². The van der Waals surface area contributed by atoms with E-state index in [4.69, 9.17) is 10.7 Å². The van der Waals surface area contributed by atoms with Gasteiger partial charge < -0.3 is 15.6 Å². The number of hydrogen-bond acceptors (Lipinski definition) is 5. The number of imidazole rings is 1. The highest BCUT2D eigenvalue weighted by atomic mass is 32.1. The summed E-state index contributed by atoms with van der Waals surface area (Å²) in [5.74, 6) is 1.07. The van der Waals surface area contributed by atoms with Crippen molar-refractivity contribution >= 4 is 27.5 Å². The lowest BCUT2D eigenvalue weighted by Gasteiger charge is -2.14. The number of aromatic nitrogens is 3. The van der Waals surface area contributed by atoms with Gasteiger partial charge in [0.2, 0.25) is 0 Å². The number of nitrogen functional groups attached to an aromatic ring is 1. The molecule has 1 aromatic carbocycles. The molecule has 0 amide bonds. The maximum absolute atomic E-state index is 5.66. The first-order valence-electron chi connectivity index (χ1n) is 7.07. The van der Waals surface area contributed by atoms with E-state index in [9.17, 15) is 0 Å². The Balaban J connectivity index is 1.82.